The topological polar surface area (TPSA) is 90.9 Å². The maximum atomic E-state index is 11.9. The van der Waals surface area contributed by atoms with Gasteiger partial charge >= 0.3 is 0 Å². The van der Waals surface area contributed by atoms with Crippen LogP contribution in [0, 0.1) is 0 Å². The van der Waals surface area contributed by atoms with Gasteiger partial charge in [0.2, 0.25) is 11.1 Å². The van der Waals surface area contributed by atoms with E-state index in [1.165, 1.54) is 11.8 Å². The fourth-order valence-corrected chi connectivity index (χ4v) is 3.10. The molecule has 0 spiro atoms. The summed E-state index contributed by atoms with van der Waals surface area (Å²) in [6.07, 6.45) is 0. The summed E-state index contributed by atoms with van der Waals surface area (Å²) in [5.41, 5.74) is 1.59. The molecule has 1 aromatic heterocycles. The molecule has 0 radical (unpaired) electrons. The molecule has 0 atom stereocenters. The average molecular weight is 419 g/mol. The predicted molar refractivity (Wildman–Crippen MR) is 100 cm³/mol. The fourth-order valence-electron chi connectivity index (χ4n) is 2.11. The number of nitrogens with one attached hydrogen (secondary N) is 2. The zero-order valence-electron chi connectivity index (χ0n) is 13.1. The van der Waals surface area contributed by atoms with Crippen LogP contribution in [0.3, 0.4) is 0 Å². The van der Waals surface area contributed by atoms with Gasteiger partial charge in [0, 0.05) is 11.0 Å². The van der Waals surface area contributed by atoms with Crippen LogP contribution in [-0.2, 0) is 11.3 Å². The van der Waals surface area contributed by atoms with E-state index < -0.39 is 0 Å². The van der Waals surface area contributed by atoms with Gasteiger partial charge in [0.15, 0.2) is 5.82 Å². The Balaban J connectivity index is 1.55. The van der Waals surface area contributed by atoms with Gasteiger partial charge in [-0.3, -0.25) is 9.89 Å². The molecular formula is C17H15BrN4O2S. The van der Waals surface area contributed by atoms with E-state index in [0.29, 0.717) is 23.1 Å². The average Bonchev–Trinajstić information content (AvgIpc) is 3.10. The quantitative estimate of drug-likeness (QED) is 0.533. The van der Waals surface area contributed by atoms with Crippen molar-refractivity contribution in [3.05, 3.63) is 58.6 Å². The summed E-state index contributed by atoms with van der Waals surface area (Å²) in [5.74, 6) is 0.683. The van der Waals surface area contributed by atoms with Crippen molar-refractivity contribution >= 4 is 33.6 Å². The molecule has 0 fully saturated rings. The van der Waals surface area contributed by atoms with Crippen LogP contribution in [0.4, 0.5) is 0 Å². The number of phenols is 1. The number of aromatic amines is 1. The lowest BCUT2D eigenvalue weighted by molar-refractivity contribution is -0.118. The molecule has 25 heavy (non-hydrogen) atoms. The van der Waals surface area contributed by atoms with Crippen LogP contribution in [0.5, 0.6) is 5.75 Å². The molecule has 0 aliphatic heterocycles. The summed E-state index contributed by atoms with van der Waals surface area (Å²) >= 11 is 4.59. The molecular weight excluding hydrogens is 404 g/mol. The third-order valence-electron chi connectivity index (χ3n) is 3.34. The molecule has 8 heteroatoms. The summed E-state index contributed by atoms with van der Waals surface area (Å²) in [4.78, 5) is 16.2. The van der Waals surface area contributed by atoms with E-state index in [2.05, 4.69) is 36.4 Å². The van der Waals surface area contributed by atoms with E-state index in [0.717, 1.165) is 10.0 Å². The highest BCUT2D eigenvalue weighted by Gasteiger charge is 2.12. The van der Waals surface area contributed by atoms with Crippen LogP contribution < -0.4 is 5.32 Å². The second-order valence-corrected chi connectivity index (χ2v) is 7.04. The van der Waals surface area contributed by atoms with Crippen molar-refractivity contribution in [1.82, 2.24) is 20.5 Å². The van der Waals surface area contributed by atoms with E-state index in [1.807, 2.05) is 30.3 Å². The highest BCUT2D eigenvalue weighted by atomic mass is 79.9. The molecule has 0 unspecified atom stereocenters. The number of thioether (sulfide) groups is 1. The molecule has 6 nitrogen and oxygen atoms in total. The molecule has 1 amide bonds. The Kier molecular flexibility index (Phi) is 5.72. The third kappa shape index (κ3) is 4.83. The first-order chi connectivity index (χ1) is 12.1. The van der Waals surface area contributed by atoms with Gasteiger partial charge < -0.3 is 10.4 Å². The number of rotatable bonds is 6. The van der Waals surface area contributed by atoms with Crippen LogP contribution in [-0.4, -0.2) is 31.9 Å². The number of nitrogens with zero attached hydrogens (tertiary/aromatic N) is 2. The Morgan fingerprint density at radius 3 is 2.84 bits per heavy atom. The van der Waals surface area contributed by atoms with Crippen molar-refractivity contribution in [2.75, 3.05) is 5.75 Å². The van der Waals surface area contributed by atoms with E-state index in [4.69, 9.17) is 0 Å². The lowest BCUT2D eigenvalue weighted by Crippen LogP contribution is -2.24. The standard InChI is InChI=1S/C17H15BrN4O2S/c18-12-6-7-14(23)13(8-12)16-20-17(22-21-16)25-10-15(24)19-9-11-4-2-1-3-5-11/h1-8,23H,9-10H2,(H,19,24)(H,20,21,22). The molecule has 128 valence electrons. The Bertz CT molecular complexity index is 870. The third-order valence-corrected chi connectivity index (χ3v) is 4.68. The molecule has 3 N–H and O–H groups in total. The minimum Gasteiger partial charge on any atom is -0.507 e. The smallest absolute Gasteiger partial charge is 0.230 e. The van der Waals surface area contributed by atoms with Crippen LogP contribution in [0.25, 0.3) is 11.4 Å². The van der Waals surface area contributed by atoms with Gasteiger partial charge in [-0.05, 0) is 23.8 Å². The number of hydrogen-bond donors (Lipinski definition) is 3. The van der Waals surface area contributed by atoms with Gasteiger partial charge in [0.25, 0.3) is 0 Å². The Labute approximate surface area is 157 Å². The molecule has 0 aliphatic carbocycles. The monoisotopic (exact) mass is 418 g/mol. The van der Waals surface area contributed by atoms with Gasteiger partial charge in [0.1, 0.15) is 5.75 Å². The molecule has 0 saturated heterocycles. The van der Waals surface area contributed by atoms with Gasteiger partial charge in [-0.2, -0.15) is 0 Å². The van der Waals surface area contributed by atoms with Crippen LogP contribution >= 0.6 is 27.7 Å². The van der Waals surface area contributed by atoms with E-state index in [-0.39, 0.29) is 17.4 Å². The number of H-pyrrole nitrogens is 1. The van der Waals surface area contributed by atoms with Gasteiger partial charge in [0.05, 0.1) is 11.3 Å². The number of aromatic hydroxyl groups is 1. The number of hydrogen-bond acceptors (Lipinski definition) is 5. The lowest BCUT2D eigenvalue weighted by Gasteiger charge is -2.03. The maximum Gasteiger partial charge on any atom is 0.230 e. The number of carbonyl (C=O) groups is 1. The lowest BCUT2D eigenvalue weighted by atomic mass is 10.2. The molecule has 3 rings (SSSR count). The molecule has 0 aliphatic rings. The number of benzene rings is 2. The number of aromatic nitrogens is 3. The molecule has 0 saturated carbocycles. The van der Waals surface area contributed by atoms with Crippen LogP contribution in [0.1, 0.15) is 5.56 Å². The zero-order chi connectivity index (χ0) is 17.6. The van der Waals surface area contributed by atoms with Gasteiger partial charge in [-0.15, -0.1) is 5.10 Å². The molecule has 2 aromatic carbocycles. The second-order valence-electron chi connectivity index (χ2n) is 5.18. The summed E-state index contributed by atoms with van der Waals surface area (Å²) < 4.78 is 0.825. The van der Waals surface area contributed by atoms with E-state index >= 15 is 0 Å². The van der Waals surface area contributed by atoms with Crippen molar-refractivity contribution in [3.63, 3.8) is 0 Å². The molecule has 3 aromatic rings. The van der Waals surface area contributed by atoms with Crippen LogP contribution in [0.2, 0.25) is 0 Å². The molecule has 0 bridgehead atoms. The minimum atomic E-state index is -0.0921. The first-order valence-electron chi connectivity index (χ1n) is 7.46. The van der Waals surface area contributed by atoms with E-state index in [9.17, 15) is 9.90 Å². The van der Waals surface area contributed by atoms with Crippen molar-refractivity contribution in [2.24, 2.45) is 0 Å². The SMILES string of the molecule is O=C(CSc1n[nH]c(-c2cc(Br)ccc2O)n1)NCc1ccccc1. The summed E-state index contributed by atoms with van der Waals surface area (Å²) in [5, 5.41) is 20.1. The minimum absolute atomic E-state index is 0.0921. The van der Waals surface area contributed by atoms with Crippen molar-refractivity contribution in [1.29, 1.82) is 0 Å². The predicted octanol–water partition coefficient (Wildman–Crippen LogP) is 3.35. The van der Waals surface area contributed by atoms with Crippen molar-refractivity contribution < 1.29 is 9.90 Å². The normalized spacial score (nSPS) is 10.6. The Morgan fingerprint density at radius 1 is 1.24 bits per heavy atom. The van der Waals surface area contributed by atoms with Crippen molar-refractivity contribution in [3.8, 4) is 17.1 Å². The Hall–Kier alpha value is -2.32. The first kappa shape index (κ1) is 17.5. The van der Waals surface area contributed by atoms with Crippen molar-refractivity contribution in [2.45, 2.75) is 11.7 Å². The zero-order valence-corrected chi connectivity index (χ0v) is 15.5. The summed E-state index contributed by atoms with van der Waals surface area (Å²) in [6.45, 7) is 0.491. The first-order valence-corrected chi connectivity index (χ1v) is 9.24. The number of amides is 1. The highest BCUT2D eigenvalue weighted by molar-refractivity contribution is 9.10. The number of phenolic OH excluding ortho intramolecular Hbond substituents is 1. The number of carbonyl (C=O) groups excluding carboxylic acids is 1. The molecule has 1 heterocycles. The second kappa shape index (κ2) is 8.17. The maximum absolute atomic E-state index is 11.9. The van der Waals surface area contributed by atoms with Gasteiger partial charge in [-0.25, -0.2) is 4.98 Å². The highest BCUT2D eigenvalue weighted by Crippen LogP contribution is 2.30. The van der Waals surface area contributed by atoms with E-state index in [1.54, 1.807) is 18.2 Å². The summed E-state index contributed by atoms with van der Waals surface area (Å²) in [6, 6.07) is 14.8. The largest absolute Gasteiger partial charge is 0.507 e. The Morgan fingerprint density at radius 2 is 2.04 bits per heavy atom. The van der Waals surface area contributed by atoms with Crippen LogP contribution in [0.15, 0.2) is 58.2 Å². The summed E-state index contributed by atoms with van der Waals surface area (Å²) in [7, 11) is 0. The van der Waals surface area contributed by atoms with Gasteiger partial charge in [-0.1, -0.05) is 58.0 Å². The number of halogens is 1. The fraction of sp³-hybridized carbons (Fsp3) is 0.118.